The van der Waals surface area contributed by atoms with E-state index in [1.165, 1.54) is 11.1 Å². The molecule has 0 saturated heterocycles. The summed E-state index contributed by atoms with van der Waals surface area (Å²) < 4.78 is 1.08. The van der Waals surface area contributed by atoms with Gasteiger partial charge in [0.25, 0.3) is 0 Å². The van der Waals surface area contributed by atoms with Gasteiger partial charge in [-0.15, -0.1) is 0 Å². The number of halogens is 1. The quantitative estimate of drug-likeness (QED) is 0.662. The van der Waals surface area contributed by atoms with Gasteiger partial charge in [0.05, 0.1) is 0 Å². The maximum atomic E-state index is 11.2. The first kappa shape index (κ1) is 7.99. The number of rotatable bonds is 0. The maximum absolute atomic E-state index is 11.2. The molecule has 0 saturated carbocycles. The second-order valence-corrected chi connectivity index (χ2v) is 3.95. The molecule has 0 spiro atoms. The number of fused-ring (bicyclic) bond motifs is 1. The monoisotopic (exact) mass is 224 g/mol. The standard InChI is InChI=1S/C10H9BrO/c11-10-3-1-2-7-4-5-8(12)6-9(7)10/h1-3H,4-6H2. The summed E-state index contributed by atoms with van der Waals surface area (Å²) in [5.41, 5.74) is 2.51. The third kappa shape index (κ3) is 1.31. The van der Waals surface area contributed by atoms with E-state index in [-0.39, 0.29) is 0 Å². The van der Waals surface area contributed by atoms with Gasteiger partial charge in [0.15, 0.2) is 0 Å². The molecule has 0 aromatic heterocycles. The fourth-order valence-corrected chi connectivity index (χ4v) is 2.14. The summed E-state index contributed by atoms with van der Waals surface area (Å²) in [6.07, 6.45) is 2.23. The lowest BCUT2D eigenvalue weighted by molar-refractivity contribution is -0.118. The normalized spacial score (nSPS) is 15.9. The van der Waals surface area contributed by atoms with Crippen LogP contribution in [0.15, 0.2) is 22.7 Å². The molecule has 0 aliphatic heterocycles. The first-order valence-corrected chi connectivity index (χ1v) is 4.84. The lowest BCUT2D eigenvalue weighted by atomic mass is 9.91. The van der Waals surface area contributed by atoms with Crippen molar-refractivity contribution in [2.24, 2.45) is 0 Å². The molecule has 1 aliphatic carbocycles. The highest BCUT2D eigenvalue weighted by Crippen LogP contribution is 2.26. The van der Waals surface area contributed by atoms with E-state index in [0.29, 0.717) is 18.6 Å². The number of ketones is 1. The third-order valence-corrected chi connectivity index (χ3v) is 3.01. The lowest BCUT2D eigenvalue weighted by Crippen LogP contribution is -2.13. The second-order valence-electron chi connectivity index (χ2n) is 3.09. The van der Waals surface area contributed by atoms with Gasteiger partial charge < -0.3 is 0 Å². The third-order valence-electron chi connectivity index (χ3n) is 2.26. The van der Waals surface area contributed by atoms with Crippen LogP contribution in [0.4, 0.5) is 0 Å². The number of carbonyl (C=O) groups excluding carboxylic acids is 1. The van der Waals surface area contributed by atoms with Crippen molar-refractivity contribution in [1.29, 1.82) is 0 Å². The predicted molar refractivity (Wildman–Crippen MR) is 51.2 cm³/mol. The number of hydrogen-bond acceptors (Lipinski definition) is 1. The van der Waals surface area contributed by atoms with Crippen LogP contribution in [-0.2, 0) is 17.6 Å². The summed E-state index contributed by atoms with van der Waals surface area (Å²) in [6, 6.07) is 6.13. The van der Waals surface area contributed by atoms with Crippen molar-refractivity contribution in [2.45, 2.75) is 19.3 Å². The van der Waals surface area contributed by atoms with Gasteiger partial charge >= 0.3 is 0 Å². The van der Waals surface area contributed by atoms with Crippen molar-refractivity contribution in [3.05, 3.63) is 33.8 Å². The van der Waals surface area contributed by atoms with Gasteiger partial charge in [-0.05, 0) is 23.6 Å². The topological polar surface area (TPSA) is 17.1 Å². The van der Waals surface area contributed by atoms with Gasteiger partial charge in [-0.2, -0.15) is 0 Å². The molecule has 62 valence electrons. The summed E-state index contributed by atoms with van der Waals surface area (Å²) >= 11 is 3.46. The van der Waals surface area contributed by atoms with Crippen LogP contribution in [0.5, 0.6) is 0 Å². The molecule has 1 aromatic rings. The fraction of sp³-hybridized carbons (Fsp3) is 0.300. The van der Waals surface area contributed by atoms with E-state index < -0.39 is 0 Å². The number of Topliss-reactive ketones (excluding diaryl/α,β-unsaturated/α-hetero) is 1. The molecule has 1 aromatic carbocycles. The Balaban J connectivity index is 2.50. The molecule has 0 amide bonds. The van der Waals surface area contributed by atoms with Crippen molar-refractivity contribution < 1.29 is 4.79 Å². The fourth-order valence-electron chi connectivity index (χ4n) is 1.60. The van der Waals surface area contributed by atoms with Crippen molar-refractivity contribution in [3.8, 4) is 0 Å². The molecule has 0 bridgehead atoms. The summed E-state index contributed by atoms with van der Waals surface area (Å²) in [5.74, 6) is 0.356. The molecule has 0 atom stereocenters. The van der Waals surface area contributed by atoms with Crippen LogP contribution in [0.25, 0.3) is 0 Å². The zero-order chi connectivity index (χ0) is 8.55. The SMILES string of the molecule is O=C1CCc2cccc(Br)c2C1. The van der Waals surface area contributed by atoms with Crippen molar-refractivity contribution >= 4 is 21.7 Å². The van der Waals surface area contributed by atoms with Gasteiger partial charge in [-0.1, -0.05) is 28.1 Å². The summed E-state index contributed by atoms with van der Waals surface area (Å²) in [7, 11) is 0. The predicted octanol–water partition coefficient (Wildman–Crippen LogP) is 2.51. The molecule has 2 heteroatoms. The van der Waals surface area contributed by atoms with Crippen LogP contribution in [0.1, 0.15) is 17.5 Å². The maximum Gasteiger partial charge on any atom is 0.137 e. The van der Waals surface area contributed by atoms with E-state index >= 15 is 0 Å². The summed E-state index contributed by atoms with van der Waals surface area (Å²) in [5, 5.41) is 0. The van der Waals surface area contributed by atoms with Crippen LogP contribution in [0.2, 0.25) is 0 Å². The minimum atomic E-state index is 0.356. The average molecular weight is 225 g/mol. The van der Waals surface area contributed by atoms with Crippen LogP contribution in [0.3, 0.4) is 0 Å². The minimum Gasteiger partial charge on any atom is -0.299 e. The zero-order valence-electron chi connectivity index (χ0n) is 6.64. The number of benzene rings is 1. The molecule has 1 nitrogen and oxygen atoms in total. The van der Waals surface area contributed by atoms with E-state index in [1.54, 1.807) is 0 Å². The summed E-state index contributed by atoms with van der Waals surface area (Å²) in [4.78, 5) is 11.2. The highest BCUT2D eigenvalue weighted by Gasteiger charge is 2.16. The van der Waals surface area contributed by atoms with Gasteiger partial charge in [-0.25, -0.2) is 0 Å². The van der Waals surface area contributed by atoms with Gasteiger partial charge in [0.2, 0.25) is 0 Å². The summed E-state index contributed by atoms with van der Waals surface area (Å²) in [6.45, 7) is 0. The van der Waals surface area contributed by atoms with Crippen LogP contribution >= 0.6 is 15.9 Å². The van der Waals surface area contributed by atoms with Crippen molar-refractivity contribution in [2.75, 3.05) is 0 Å². The van der Waals surface area contributed by atoms with Crippen LogP contribution in [0, 0.1) is 0 Å². The van der Waals surface area contributed by atoms with Crippen molar-refractivity contribution in [3.63, 3.8) is 0 Å². The highest BCUT2D eigenvalue weighted by atomic mass is 79.9. The van der Waals surface area contributed by atoms with Gasteiger partial charge in [0, 0.05) is 17.3 Å². The molecule has 12 heavy (non-hydrogen) atoms. The zero-order valence-corrected chi connectivity index (χ0v) is 8.23. The molecular formula is C10H9BrO. The molecule has 2 rings (SSSR count). The Hall–Kier alpha value is -0.630. The van der Waals surface area contributed by atoms with E-state index in [9.17, 15) is 4.79 Å². The first-order valence-electron chi connectivity index (χ1n) is 4.05. The largest absolute Gasteiger partial charge is 0.299 e. The van der Waals surface area contributed by atoms with Gasteiger partial charge in [0.1, 0.15) is 5.78 Å². The van der Waals surface area contributed by atoms with Crippen molar-refractivity contribution in [1.82, 2.24) is 0 Å². The molecule has 0 fully saturated rings. The molecule has 1 aliphatic rings. The van der Waals surface area contributed by atoms with E-state index in [2.05, 4.69) is 22.0 Å². The van der Waals surface area contributed by atoms with E-state index in [0.717, 1.165) is 10.9 Å². The van der Waals surface area contributed by atoms with Gasteiger partial charge in [-0.3, -0.25) is 4.79 Å². The second kappa shape index (κ2) is 3.02. The first-order chi connectivity index (χ1) is 5.77. The van der Waals surface area contributed by atoms with Crippen LogP contribution in [-0.4, -0.2) is 5.78 Å². The smallest absolute Gasteiger partial charge is 0.137 e. The molecule has 0 heterocycles. The number of aryl methyl sites for hydroxylation is 1. The number of hydrogen-bond donors (Lipinski definition) is 0. The minimum absolute atomic E-state index is 0.356. The van der Waals surface area contributed by atoms with E-state index in [1.807, 2.05) is 12.1 Å². The van der Waals surface area contributed by atoms with Crippen LogP contribution < -0.4 is 0 Å². The Morgan fingerprint density at radius 3 is 2.92 bits per heavy atom. The molecule has 0 radical (unpaired) electrons. The Labute approximate surface area is 79.9 Å². The molecular weight excluding hydrogens is 216 g/mol. The Morgan fingerprint density at radius 1 is 1.25 bits per heavy atom. The highest BCUT2D eigenvalue weighted by molar-refractivity contribution is 9.10. The molecule has 0 N–H and O–H groups in total. The average Bonchev–Trinajstić information content (AvgIpc) is 2.07. The molecule has 0 unspecified atom stereocenters. The number of carbonyl (C=O) groups is 1. The van der Waals surface area contributed by atoms with E-state index in [4.69, 9.17) is 0 Å². The Bertz CT molecular complexity index is 331. The Kier molecular flexibility index (Phi) is 2.01. The Morgan fingerprint density at radius 2 is 2.08 bits per heavy atom. The lowest BCUT2D eigenvalue weighted by Gasteiger charge is -2.15.